The Hall–Kier alpha value is -2.45. The number of benzene rings is 1. The van der Waals surface area contributed by atoms with E-state index in [2.05, 4.69) is 6.58 Å². The highest BCUT2D eigenvalue weighted by Crippen LogP contribution is 2.24. The fourth-order valence-electron chi connectivity index (χ4n) is 3.03. The number of rotatable bonds is 5. The first kappa shape index (κ1) is 20.9. The van der Waals surface area contributed by atoms with Gasteiger partial charge in [-0.2, -0.15) is 13.2 Å². The molecule has 1 heterocycles. The molecule has 2 amide bonds. The molecule has 0 aromatic heterocycles. The second-order valence-electron chi connectivity index (χ2n) is 6.31. The number of amides is 2. The predicted molar refractivity (Wildman–Crippen MR) is 87.8 cm³/mol. The molecule has 0 bridgehead atoms. The molecule has 1 aliphatic rings. The molecular formula is C18H19F5N2O2. The largest absolute Gasteiger partial charge is 0.406 e. The van der Waals surface area contributed by atoms with Crippen LogP contribution < -0.4 is 0 Å². The second kappa shape index (κ2) is 8.49. The van der Waals surface area contributed by atoms with Crippen molar-refractivity contribution in [3.8, 4) is 0 Å². The monoisotopic (exact) mass is 390 g/mol. The van der Waals surface area contributed by atoms with Crippen LogP contribution >= 0.6 is 0 Å². The van der Waals surface area contributed by atoms with Crippen LogP contribution in [0.25, 0.3) is 0 Å². The van der Waals surface area contributed by atoms with Crippen molar-refractivity contribution in [3.63, 3.8) is 0 Å². The molecule has 1 aromatic rings. The number of halogens is 5. The van der Waals surface area contributed by atoms with Crippen LogP contribution in [0.15, 0.2) is 30.9 Å². The van der Waals surface area contributed by atoms with Crippen molar-refractivity contribution in [2.75, 3.05) is 26.2 Å². The average molecular weight is 390 g/mol. The van der Waals surface area contributed by atoms with Crippen molar-refractivity contribution >= 4 is 11.8 Å². The van der Waals surface area contributed by atoms with Crippen LogP contribution in [0.4, 0.5) is 22.0 Å². The van der Waals surface area contributed by atoms with E-state index in [9.17, 15) is 31.5 Å². The number of carbonyl (C=O) groups is 2. The lowest BCUT2D eigenvalue weighted by Gasteiger charge is -2.34. The highest BCUT2D eigenvalue weighted by atomic mass is 19.4. The van der Waals surface area contributed by atoms with Crippen LogP contribution in [-0.2, 0) is 4.79 Å². The molecule has 0 unspecified atom stereocenters. The van der Waals surface area contributed by atoms with Crippen molar-refractivity contribution in [1.29, 1.82) is 0 Å². The number of hydrogen-bond donors (Lipinski definition) is 0. The molecule has 0 saturated carbocycles. The number of likely N-dealkylation sites (tertiary alicyclic amines) is 1. The first-order chi connectivity index (χ1) is 12.6. The van der Waals surface area contributed by atoms with E-state index in [0.717, 1.165) is 12.1 Å². The quantitative estimate of drug-likeness (QED) is 0.571. The standard InChI is InChI=1S/C18H19F5N2O2/c1-2-7-25(11-18(21,22)23)16(26)12-5-8-24(9-6-12)17(27)14-4-3-13(19)10-15(14)20/h2-4,10,12H,1,5-9,11H2. The third-order valence-corrected chi connectivity index (χ3v) is 4.32. The third kappa shape index (κ3) is 5.51. The molecule has 0 aliphatic carbocycles. The fourth-order valence-corrected chi connectivity index (χ4v) is 3.03. The minimum Gasteiger partial charge on any atom is -0.339 e. The van der Waals surface area contributed by atoms with E-state index < -0.39 is 42.1 Å². The van der Waals surface area contributed by atoms with Crippen molar-refractivity contribution in [1.82, 2.24) is 9.80 Å². The summed E-state index contributed by atoms with van der Waals surface area (Å²) in [6.45, 7) is 1.97. The van der Waals surface area contributed by atoms with E-state index in [1.165, 1.54) is 11.0 Å². The molecule has 1 fully saturated rings. The van der Waals surface area contributed by atoms with Crippen LogP contribution in [0.2, 0.25) is 0 Å². The Morgan fingerprint density at radius 1 is 1.22 bits per heavy atom. The van der Waals surface area contributed by atoms with Gasteiger partial charge in [0.2, 0.25) is 5.91 Å². The van der Waals surface area contributed by atoms with Gasteiger partial charge < -0.3 is 9.80 Å². The van der Waals surface area contributed by atoms with Gasteiger partial charge in [0.05, 0.1) is 5.56 Å². The van der Waals surface area contributed by atoms with Crippen LogP contribution in [0.5, 0.6) is 0 Å². The Morgan fingerprint density at radius 3 is 2.37 bits per heavy atom. The van der Waals surface area contributed by atoms with Gasteiger partial charge >= 0.3 is 6.18 Å². The summed E-state index contributed by atoms with van der Waals surface area (Å²) in [4.78, 5) is 26.7. The van der Waals surface area contributed by atoms with E-state index in [0.29, 0.717) is 11.0 Å². The molecule has 1 aromatic carbocycles. The van der Waals surface area contributed by atoms with Gasteiger partial charge in [-0.25, -0.2) is 8.78 Å². The van der Waals surface area contributed by atoms with E-state index in [4.69, 9.17) is 0 Å². The number of hydrogen-bond acceptors (Lipinski definition) is 2. The van der Waals surface area contributed by atoms with Gasteiger partial charge in [0.25, 0.3) is 5.91 Å². The first-order valence-electron chi connectivity index (χ1n) is 8.33. The van der Waals surface area contributed by atoms with Gasteiger partial charge in [-0.1, -0.05) is 6.08 Å². The van der Waals surface area contributed by atoms with Gasteiger partial charge in [-0.3, -0.25) is 9.59 Å². The fraction of sp³-hybridized carbons (Fsp3) is 0.444. The Kier molecular flexibility index (Phi) is 6.56. The Labute approximate surface area is 153 Å². The Bertz CT molecular complexity index is 712. The molecule has 2 rings (SSSR count). The summed E-state index contributed by atoms with van der Waals surface area (Å²) in [6, 6.07) is 2.62. The van der Waals surface area contributed by atoms with Crippen LogP contribution in [0.3, 0.4) is 0 Å². The maximum absolute atomic E-state index is 13.7. The van der Waals surface area contributed by atoms with Crippen molar-refractivity contribution < 1.29 is 31.5 Å². The minimum atomic E-state index is -4.52. The molecule has 148 valence electrons. The maximum atomic E-state index is 13.7. The van der Waals surface area contributed by atoms with Crippen LogP contribution in [0, 0.1) is 17.6 Å². The molecule has 0 atom stereocenters. The Balaban J connectivity index is 2.00. The maximum Gasteiger partial charge on any atom is 0.406 e. The smallest absolute Gasteiger partial charge is 0.339 e. The lowest BCUT2D eigenvalue weighted by molar-refractivity contribution is -0.163. The lowest BCUT2D eigenvalue weighted by atomic mass is 9.94. The summed E-state index contributed by atoms with van der Waals surface area (Å²) < 4.78 is 64.6. The van der Waals surface area contributed by atoms with Crippen LogP contribution in [0.1, 0.15) is 23.2 Å². The summed E-state index contributed by atoms with van der Waals surface area (Å²) >= 11 is 0. The zero-order valence-corrected chi connectivity index (χ0v) is 14.4. The van der Waals surface area contributed by atoms with Gasteiger partial charge in [0.15, 0.2) is 0 Å². The van der Waals surface area contributed by atoms with Gasteiger partial charge in [0.1, 0.15) is 18.2 Å². The number of alkyl halides is 3. The van der Waals surface area contributed by atoms with Crippen LogP contribution in [-0.4, -0.2) is 54.0 Å². The van der Waals surface area contributed by atoms with Crippen molar-refractivity contribution in [2.24, 2.45) is 5.92 Å². The molecule has 1 aliphatic heterocycles. The van der Waals surface area contributed by atoms with Gasteiger partial charge in [-0.05, 0) is 25.0 Å². The molecule has 0 radical (unpaired) electrons. The molecule has 27 heavy (non-hydrogen) atoms. The summed E-state index contributed by atoms with van der Waals surface area (Å²) in [5.74, 6) is -3.74. The Morgan fingerprint density at radius 2 is 1.85 bits per heavy atom. The van der Waals surface area contributed by atoms with Crippen molar-refractivity contribution in [3.05, 3.63) is 48.1 Å². The first-order valence-corrected chi connectivity index (χ1v) is 8.33. The third-order valence-electron chi connectivity index (χ3n) is 4.32. The molecule has 0 spiro atoms. The topological polar surface area (TPSA) is 40.6 Å². The highest BCUT2D eigenvalue weighted by Gasteiger charge is 2.36. The molecular weight excluding hydrogens is 371 g/mol. The average Bonchev–Trinajstić information content (AvgIpc) is 2.59. The van der Waals surface area contributed by atoms with E-state index >= 15 is 0 Å². The van der Waals surface area contributed by atoms with Crippen molar-refractivity contribution in [2.45, 2.75) is 19.0 Å². The minimum absolute atomic E-state index is 0.0972. The molecule has 4 nitrogen and oxygen atoms in total. The van der Waals surface area contributed by atoms with E-state index in [1.54, 1.807) is 0 Å². The normalized spacial score (nSPS) is 15.5. The predicted octanol–water partition coefficient (Wildman–Crippen LogP) is 3.39. The molecule has 1 saturated heterocycles. The lowest BCUT2D eigenvalue weighted by Crippen LogP contribution is -2.47. The number of piperidine rings is 1. The summed E-state index contributed by atoms with van der Waals surface area (Å²) in [5, 5.41) is 0. The summed E-state index contributed by atoms with van der Waals surface area (Å²) in [5.41, 5.74) is -0.286. The SMILES string of the molecule is C=CCN(CC(F)(F)F)C(=O)C1CCN(C(=O)c2ccc(F)cc2F)CC1. The van der Waals surface area contributed by atoms with Gasteiger partial charge in [-0.15, -0.1) is 6.58 Å². The van der Waals surface area contributed by atoms with E-state index in [-0.39, 0.29) is 38.0 Å². The zero-order valence-electron chi connectivity index (χ0n) is 14.4. The van der Waals surface area contributed by atoms with E-state index in [1.807, 2.05) is 0 Å². The number of nitrogens with zero attached hydrogens (tertiary/aromatic N) is 2. The highest BCUT2D eigenvalue weighted by molar-refractivity contribution is 5.94. The second-order valence-corrected chi connectivity index (χ2v) is 6.31. The molecule has 9 heteroatoms. The zero-order chi connectivity index (χ0) is 20.2. The summed E-state index contributed by atoms with van der Waals surface area (Å²) in [7, 11) is 0. The summed E-state index contributed by atoms with van der Waals surface area (Å²) in [6.07, 6.45) is -2.97. The van der Waals surface area contributed by atoms with Gasteiger partial charge in [0, 0.05) is 31.6 Å². The number of carbonyl (C=O) groups excluding carboxylic acids is 2. The molecule has 0 N–H and O–H groups in total.